The second-order valence-electron chi connectivity index (χ2n) is 7.56. The molecular formula is C20H32N2O3. The molecule has 25 heavy (non-hydrogen) atoms. The molecule has 5 nitrogen and oxygen atoms in total. The van der Waals surface area contributed by atoms with Gasteiger partial charge in [-0.1, -0.05) is 12.1 Å². The average molecular weight is 348 g/mol. The molecular weight excluding hydrogens is 316 g/mol. The number of ether oxygens (including phenoxy) is 2. The third kappa shape index (κ3) is 6.94. The minimum Gasteiger partial charge on any atom is -0.494 e. The number of nitrogens with zero attached hydrogens (tertiary/aromatic N) is 1. The predicted octanol–water partition coefficient (Wildman–Crippen LogP) is 3.96. The van der Waals surface area contributed by atoms with Crippen molar-refractivity contribution in [1.29, 1.82) is 0 Å². The summed E-state index contributed by atoms with van der Waals surface area (Å²) in [5.74, 6) is 0.916. The van der Waals surface area contributed by atoms with E-state index in [9.17, 15) is 4.79 Å². The lowest BCUT2D eigenvalue weighted by Gasteiger charge is -2.26. The number of rotatable bonds is 5. The van der Waals surface area contributed by atoms with Gasteiger partial charge in [-0.3, -0.25) is 0 Å². The van der Waals surface area contributed by atoms with Crippen LogP contribution in [0.1, 0.15) is 52.5 Å². The number of carbonyl (C=O) groups is 1. The summed E-state index contributed by atoms with van der Waals surface area (Å²) in [6.45, 7) is 10.7. The molecule has 1 unspecified atom stereocenters. The molecule has 0 aliphatic carbocycles. The number of likely N-dealkylation sites (tertiary alicyclic amines) is 1. The van der Waals surface area contributed by atoms with Crippen molar-refractivity contribution in [3.05, 3.63) is 29.8 Å². The molecule has 5 heteroatoms. The van der Waals surface area contributed by atoms with E-state index in [4.69, 9.17) is 9.47 Å². The fraction of sp³-hybridized carbons (Fsp3) is 0.650. The van der Waals surface area contributed by atoms with Gasteiger partial charge in [0.1, 0.15) is 11.4 Å². The Balaban J connectivity index is 1.81. The topological polar surface area (TPSA) is 50.8 Å². The van der Waals surface area contributed by atoms with Gasteiger partial charge in [0.05, 0.1) is 6.61 Å². The number of nitrogens with one attached hydrogen (secondary N) is 1. The van der Waals surface area contributed by atoms with Crippen molar-refractivity contribution in [2.24, 2.45) is 0 Å². The molecule has 0 radical (unpaired) electrons. The highest BCUT2D eigenvalue weighted by Crippen LogP contribution is 2.17. The molecule has 0 bridgehead atoms. The molecule has 1 aliphatic heterocycles. The Labute approximate surface area is 151 Å². The molecule has 0 spiro atoms. The maximum atomic E-state index is 12.2. The van der Waals surface area contributed by atoms with Gasteiger partial charge in [-0.05, 0) is 64.7 Å². The smallest absolute Gasteiger partial charge is 0.410 e. The lowest BCUT2D eigenvalue weighted by atomic mass is 10.1. The van der Waals surface area contributed by atoms with Crippen molar-refractivity contribution in [1.82, 2.24) is 10.2 Å². The highest BCUT2D eigenvalue weighted by molar-refractivity contribution is 5.68. The van der Waals surface area contributed by atoms with Crippen LogP contribution in [0.3, 0.4) is 0 Å². The summed E-state index contributed by atoms with van der Waals surface area (Å²) in [5.41, 5.74) is 0.784. The van der Waals surface area contributed by atoms with Gasteiger partial charge < -0.3 is 19.7 Å². The van der Waals surface area contributed by atoms with Gasteiger partial charge in [0.25, 0.3) is 0 Å². The third-order valence-electron chi connectivity index (χ3n) is 4.18. The Hall–Kier alpha value is -1.75. The third-order valence-corrected chi connectivity index (χ3v) is 4.18. The highest BCUT2D eigenvalue weighted by Gasteiger charge is 2.25. The molecule has 1 aromatic carbocycles. The first kappa shape index (κ1) is 19.6. The molecule has 1 aromatic rings. The summed E-state index contributed by atoms with van der Waals surface area (Å²) in [6, 6.07) is 8.62. The van der Waals surface area contributed by atoms with Gasteiger partial charge in [-0.2, -0.15) is 0 Å². The summed E-state index contributed by atoms with van der Waals surface area (Å²) in [4.78, 5) is 14.1. The standard InChI is InChI=1S/C20H32N2O3/c1-5-24-18-10-6-8-16(14-18)15-21-17-9-7-12-22(13-11-17)19(23)25-20(2,3)4/h6,8,10,14,17,21H,5,7,9,11-13,15H2,1-4H3. The maximum absolute atomic E-state index is 12.2. The van der Waals surface area contributed by atoms with E-state index >= 15 is 0 Å². The van der Waals surface area contributed by atoms with E-state index in [1.54, 1.807) is 0 Å². The van der Waals surface area contributed by atoms with Crippen LogP contribution in [0.4, 0.5) is 4.79 Å². The number of hydrogen-bond donors (Lipinski definition) is 1. The second-order valence-corrected chi connectivity index (χ2v) is 7.56. The highest BCUT2D eigenvalue weighted by atomic mass is 16.6. The summed E-state index contributed by atoms with van der Waals surface area (Å²) in [7, 11) is 0. The van der Waals surface area contributed by atoms with Crippen molar-refractivity contribution >= 4 is 6.09 Å². The van der Waals surface area contributed by atoms with Crippen molar-refractivity contribution in [3.63, 3.8) is 0 Å². The van der Waals surface area contributed by atoms with E-state index in [0.29, 0.717) is 12.6 Å². The SMILES string of the molecule is CCOc1cccc(CNC2CCCN(C(=O)OC(C)(C)C)CC2)c1. The van der Waals surface area contributed by atoms with E-state index < -0.39 is 5.60 Å². The molecule has 0 saturated carbocycles. The molecule has 1 aliphatic rings. The molecule has 1 fully saturated rings. The fourth-order valence-corrected chi connectivity index (χ4v) is 2.98. The molecule has 1 heterocycles. The molecule has 1 atom stereocenters. The van der Waals surface area contributed by atoms with Crippen molar-refractivity contribution in [2.75, 3.05) is 19.7 Å². The van der Waals surface area contributed by atoms with Gasteiger partial charge in [0.2, 0.25) is 0 Å². The average Bonchev–Trinajstić information content (AvgIpc) is 2.78. The largest absolute Gasteiger partial charge is 0.494 e. The van der Waals surface area contributed by atoms with E-state index in [1.165, 1.54) is 5.56 Å². The van der Waals surface area contributed by atoms with Crippen LogP contribution in [0.25, 0.3) is 0 Å². The van der Waals surface area contributed by atoms with E-state index in [1.807, 2.05) is 44.7 Å². The van der Waals surface area contributed by atoms with E-state index in [0.717, 1.165) is 44.6 Å². The number of amides is 1. The summed E-state index contributed by atoms with van der Waals surface area (Å²) in [6.07, 6.45) is 2.82. The van der Waals surface area contributed by atoms with Crippen LogP contribution in [-0.2, 0) is 11.3 Å². The van der Waals surface area contributed by atoms with Crippen LogP contribution >= 0.6 is 0 Å². The Morgan fingerprint density at radius 2 is 2.08 bits per heavy atom. The number of hydrogen-bond acceptors (Lipinski definition) is 4. The molecule has 1 saturated heterocycles. The van der Waals surface area contributed by atoms with Crippen LogP contribution in [0.2, 0.25) is 0 Å². The number of carbonyl (C=O) groups excluding carboxylic acids is 1. The first-order valence-corrected chi connectivity index (χ1v) is 9.30. The molecule has 1 N–H and O–H groups in total. The fourth-order valence-electron chi connectivity index (χ4n) is 2.98. The van der Waals surface area contributed by atoms with Crippen molar-refractivity contribution in [3.8, 4) is 5.75 Å². The van der Waals surface area contributed by atoms with Gasteiger partial charge >= 0.3 is 6.09 Å². The zero-order valence-electron chi connectivity index (χ0n) is 16.0. The second kappa shape index (κ2) is 9.09. The Bertz CT molecular complexity index is 554. The van der Waals surface area contributed by atoms with Crippen LogP contribution in [0.15, 0.2) is 24.3 Å². The van der Waals surface area contributed by atoms with Crippen molar-refractivity contribution < 1.29 is 14.3 Å². The number of benzene rings is 1. The van der Waals surface area contributed by atoms with E-state index in [-0.39, 0.29) is 6.09 Å². The summed E-state index contributed by atoms with van der Waals surface area (Å²) < 4.78 is 11.0. The van der Waals surface area contributed by atoms with Crippen LogP contribution in [0, 0.1) is 0 Å². The lowest BCUT2D eigenvalue weighted by Crippen LogP contribution is -2.38. The Morgan fingerprint density at radius 1 is 1.28 bits per heavy atom. The minimum absolute atomic E-state index is 0.197. The molecule has 140 valence electrons. The molecule has 2 rings (SSSR count). The first-order chi connectivity index (χ1) is 11.9. The normalized spacial score (nSPS) is 18.6. The van der Waals surface area contributed by atoms with Crippen LogP contribution in [-0.4, -0.2) is 42.3 Å². The Kier molecular flexibility index (Phi) is 7.12. The van der Waals surface area contributed by atoms with Gasteiger partial charge in [0.15, 0.2) is 0 Å². The van der Waals surface area contributed by atoms with Gasteiger partial charge in [-0.25, -0.2) is 4.79 Å². The van der Waals surface area contributed by atoms with Crippen LogP contribution in [0.5, 0.6) is 5.75 Å². The quantitative estimate of drug-likeness (QED) is 0.875. The molecule has 1 amide bonds. The zero-order valence-corrected chi connectivity index (χ0v) is 16.0. The lowest BCUT2D eigenvalue weighted by molar-refractivity contribution is 0.0256. The summed E-state index contributed by atoms with van der Waals surface area (Å²) >= 11 is 0. The predicted molar refractivity (Wildman–Crippen MR) is 99.9 cm³/mol. The maximum Gasteiger partial charge on any atom is 0.410 e. The van der Waals surface area contributed by atoms with Crippen LogP contribution < -0.4 is 10.1 Å². The molecule has 0 aromatic heterocycles. The van der Waals surface area contributed by atoms with Crippen molar-refractivity contribution in [2.45, 2.75) is 65.1 Å². The summed E-state index contributed by atoms with van der Waals surface area (Å²) in [5, 5.41) is 3.62. The van der Waals surface area contributed by atoms with E-state index in [2.05, 4.69) is 17.4 Å². The Morgan fingerprint density at radius 3 is 2.80 bits per heavy atom. The van der Waals surface area contributed by atoms with Gasteiger partial charge in [-0.15, -0.1) is 0 Å². The minimum atomic E-state index is -0.438. The van der Waals surface area contributed by atoms with Gasteiger partial charge in [0, 0.05) is 25.7 Å². The first-order valence-electron chi connectivity index (χ1n) is 9.30. The zero-order chi connectivity index (χ0) is 18.3. The monoisotopic (exact) mass is 348 g/mol.